The lowest BCUT2D eigenvalue weighted by Gasteiger charge is -2.24. The molecule has 1 N–H and O–H groups in total. The number of ether oxygens (including phenoxy) is 2. The molecule has 0 spiro atoms. The molecule has 0 aliphatic rings. The number of carbonyl (C=O) groups is 1. The van der Waals surface area contributed by atoms with Crippen molar-refractivity contribution in [2.45, 2.75) is 50.8 Å². The van der Waals surface area contributed by atoms with Crippen molar-refractivity contribution in [1.29, 1.82) is 0 Å². The molecule has 0 bridgehead atoms. The van der Waals surface area contributed by atoms with E-state index in [1.54, 1.807) is 6.20 Å². The number of aromatic nitrogens is 1. The third-order valence-electron chi connectivity index (χ3n) is 3.73. The third-order valence-corrected chi connectivity index (χ3v) is 4.34. The lowest BCUT2D eigenvalue weighted by Crippen LogP contribution is -2.42. The zero-order valence-corrected chi connectivity index (χ0v) is 17.7. The number of carbonyl (C=O) groups excluding carboxylic acids is 1. The minimum atomic E-state index is -0.541. The lowest BCUT2D eigenvalue weighted by atomic mass is 10.1. The maximum atomic E-state index is 12.2. The fourth-order valence-electron chi connectivity index (χ4n) is 2.55. The smallest absolute Gasteiger partial charge is 0.407 e. The van der Waals surface area contributed by atoms with Crippen molar-refractivity contribution in [3.63, 3.8) is 0 Å². The Morgan fingerprint density at radius 2 is 1.93 bits per heavy atom. The van der Waals surface area contributed by atoms with E-state index in [-0.39, 0.29) is 6.04 Å². The van der Waals surface area contributed by atoms with Crippen LogP contribution in [0, 0.1) is 0 Å². The standard InChI is InChI=1S/C21H27BrN2O3/c1-21(2,3)27-20(25)24-18(12-16-8-5-4-6-9-16)14-26-15-19-17(13-22)10-7-11-23-19/h4-11,18H,12-15H2,1-3H3,(H,24,25)/t18-/m1/s1. The van der Waals surface area contributed by atoms with Gasteiger partial charge >= 0.3 is 6.09 Å². The number of nitrogens with one attached hydrogen (secondary N) is 1. The summed E-state index contributed by atoms with van der Waals surface area (Å²) in [6.45, 7) is 6.30. The summed E-state index contributed by atoms with van der Waals surface area (Å²) >= 11 is 3.46. The normalized spacial score (nSPS) is 12.4. The minimum absolute atomic E-state index is 0.196. The van der Waals surface area contributed by atoms with Gasteiger partial charge in [0, 0.05) is 11.5 Å². The van der Waals surface area contributed by atoms with Crippen molar-refractivity contribution in [2.24, 2.45) is 0 Å². The number of alkyl carbamates (subject to hydrolysis) is 1. The second kappa shape index (κ2) is 10.4. The van der Waals surface area contributed by atoms with Crippen LogP contribution in [0.4, 0.5) is 4.79 Å². The number of hydrogen-bond donors (Lipinski definition) is 1. The van der Waals surface area contributed by atoms with E-state index in [0.717, 1.165) is 22.2 Å². The van der Waals surface area contributed by atoms with Gasteiger partial charge in [0.15, 0.2) is 0 Å². The highest BCUT2D eigenvalue weighted by Crippen LogP contribution is 2.12. The van der Waals surface area contributed by atoms with Gasteiger partial charge in [-0.3, -0.25) is 4.98 Å². The van der Waals surface area contributed by atoms with Crippen LogP contribution < -0.4 is 5.32 Å². The summed E-state index contributed by atoms with van der Waals surface area (Å²) in [6, 6.07) is 13.7. The Kier molecular flexibility index (Phi) is 8.25. The largest absolute Gasteiger partial charge is 0.444 e. The number of benzene rings is 1. The number of nitrogens with zero attached hydrogens (tertiary/aromatic N) is 1. The zero-order chi connectivity index (χ0) is 19.7. The molecule has 5 nitrogen and oxygen atoms in total. The van der Waals surface area contributed by atoms with Crippen molar-refractivity contribution < 1.29 is 14.3 Å². The minimum Gasteiger partial charge on any atom is -0.444 e. The van der Waals surface area contributed by atoms with Gasteiger partial charge in [-0.15, -0.1) is 0 Å². The van der Waals surface area contributed by atoms with E-state index in [0.29, 0.717) is 19.6 Å². The molecule has 27 heavy (non-hydrogen) atoms. The lowest BCUT2D eigenvalue weighted by molar-refractivity contribution is 0.0426. The van der Waals surface area contributed by atoms with Gasteiger partial charge in [0.25, 0.3) is 0 Å². The molecule has 1 aromatic carbocycles. The summed E-state index contributed by atoms with van der Waals surface area (Å²) in [6.07, 6.45) is 1.98. The fourth-order valence-corrected chi connectivity index (χ4v) is 3.06. The van der Waals surface area contributed by atoms with E-state index in [1.165, 1.54) is 0 Å². The molecular formula is C21H27BrN2O3. The topological polar surface area (TPSA) is 60.5 Å². The molecule has 1 heterocycles. The maximum absolute atomic E-state index is 12.2. The zero-order valence-electron chi connectivity index (χ0n) is 16.1. The molecule has 1 amide bonds. The monoisotopic (exact) mass is 434 g/mol. The van der Waals surface area contributed by atoms with Crippen molar-refractivity contribution >= 4 is 22.0 Å². The second-order valence-electron chi connectivity index (χ2n) is 7.29. The fraction of sp³-hybridized carbons (Fsp3) is 0.429. The molecule has 0 aliphatic heterocycles. The summed E-state index contributed by atoms with van der Waals surface area (Å²) in [5.41, 5.74) is 2.57. The maximum Gasteiger partial charge on any atom is 0.407 e. The average molecular weight is 435 g/mol. The van der Waals surface area contributed by atoms with Crippen LogP contribution in [-0.2, 0) is 27.8 Å². The first-order chi connectivity index (χ1) is 12.9. The van der Waals surface area contributed by atoms with Crippen LogP contribution in [0.5, 0.6) is 0 Å². The highest BCUT2D eigenvalue weighted by atomic mass is 79.9. The summed E-state index contributed by atoms with van der Waals surface area (Å²) in [7, 11) is 0. The Morgan fingerprint density at radius 1 is 1.19 bits per heavy atom. The van der Waals surface area contributed by atoms with Crippen LogP contribution in [0.25, 0.3) is 0 Å². The van der Waals surface area contributed by atoms with Gasteiger partial charge in [0.2, 0.25) is 0 Å². The van der Waals surface area contributed by atoms with Crippen LogP contribution in [0.3, 0.4) is 0 Å². The molecule has 146 valence electrons. The van der Waals surface area contributed by atoms with Crippen LogP contribution in [0.15, 0.2) is 48.7 Å². The highest BCUT2D eigenvalue weighted by molar-refractivity contribution is 9.08. The third kappa shape index (κ3) is 8.10. The summed E-state index contributed by atoms with van der Waals surface area (Å²) in [4.78, 5) is 16.6. The van der Waals surface area contributed by atoms with E-state index in [9.17, 15) is 4.79 Å². The predicted octanol–water partition coefficient (Wildman–Crippen LogP) is 4.63. The number of pyridine rings is 1. The van der Waals surface area contributed by atoms with Gasteiger partial charge in [-0.2, -0.15) is 0 Å². The molecule has 1 aromatic heterocycles. The van der Waals surface area contributed by atoms with E-state index < -0.39 is 11.7 Å². The molecule has 2 rings (SSSR count). The Hall–Kier alpha value is -1.92. The Morgan fingerprint density at radius 3 is 2.59 bits per heavy atom. The van der Waals surface area contributed by atoms with Gasteiger partial charge in [-0.05, 0) is 44.4 Å². The molecule has 0 saturated heterocycles. The first-order valence-corrected chi connectivity index (χ1v) is 10.1. The van der Waals surface area contributed by atoms with Crippen LogP contribution >= 0.6 is 15.9 Å². The van der Waals surface area contributed by atoms with Crippen molar-refractivity contribution in [2.75, 3.05) is 6.61 Å². The first-order valence-electron chi connectivity index (χ1n) is 8.97. The van der Waals surface area contributed by atoms with Crippen LogP contribution in [0.2, 0.25) is 0 Å². The summed E-state index contributed by atoms with van der Waals surface area (Å²) in [5, 5.41) is 3.65. The molecule has 2 aromatic rings. The molecule has 6 heteroatoms. The average Bonchev–Trinajstić information content (AvgIpc) is 2.61. The number of rotatable bonds is 8. The van der Waals surface area contributed by atoms with Crippen molar-refractivity contribution in [1.82, 2.24) is 10.3 Å². The molecule has 0 unspecified atom stereocenters. The van der Waals surface area contributed by atoms with Gasteiger partial charge < -0.3 is 14.8 Å². The number of hydrogen-bond acceptors (Lipinski definition) is 4. The van der Waals surface area contributed by atoms with E-state index in [2.05, 4.69) is 26.2 Å². The van der Waals surface area contributed by atoms with Crippen LogP contribution in [-0.4, -0.2) is 29.3 Å². The van der Waals surface area contributed by atoms with E-state index in [1.807, 2.05) is 63.2 Å². The van der Waals surface area contributed by atoms with Gasteiger partial charge in [-0.1, -0.05) is 52.3 Å². The SMILES string of the molecule is CC(C)(C)OC(=O)N[C@@H](COCc1ncccc1CBr)Cc1ccccc1. The molecule has 0 fully saturated rings. The van der Waals surface area contributed by atoms with Crippen LogP contribution in [0.1, 0.15) is 37.6 Å². The second-order valence-corrected chi connectivity index (χ2v) is 7.85. The quantitative estimate of drug-likeness (QED) is 0.615. The van der Waals surface area contributed by atoms with E-state index >= 15 is 0 Å². The summed E-state index contributed by atoms with van der Waals surface area (Å²) in [5.74, 6) is 0. The number of halogens is 1. The first kappa shape index (κ1) is 21.4. The molecule has 0 aliphatic carbocycles. The molecule has 0 radical (unpaired) electrons. The van der Waals surface area contributed by atoms with Crippen molar-refractivity contribution in [3.05, 3.63) is 65.5 Å². The van der Waals surface area contributed by atoms with Gasteiger partial charge in [-0.25, -0.2) is 4.79 Å². The number of amides is 1. The van der Waals surface area contributed by atoms with Gasteiger partial charge in [0.05, 0.1) is 24.9 Å². The van der Waals surface area contributed by atoms with Gasteiger partial charge in [0.1, 0.15) is 5.60 Å². The molecular weight excluding hydrogens is 408 g/mol. The number of alkyl halides is 1. The predicted molar refractivity (Wildman–Crippen MR) is 110 cm³/mol. The molecule has 0 saturated carbocycles. The molecule has 1 atom stereocenters. The summed E-state index contributed by atoms with van der Waals surface area (Å²) < 4.78 is 11.3. The highest BCUT2D eigenvalue weighted by Gasteiger charge is 2.20. The van der Waals surface area contributed by atoms with E-state index in [4.69, 9.17) is 9.47 Å². The Balaban J connectivity index is 1.97. The Labute approximate surface area is 169 Å². The Bertz CT molecular complexity index is 717. The van der Waals surface area contributed by atoms with Crippen molar-refractivity contribution in [3.8, 4) is 0 Å².